The van der Waals surface area contributed by atoms with E-state index in [-0.39, 0.29) is 17.7 Å². The van der Waals surface area contributed by atoms with Crippen LogP contribution in [-0.4, -0.2) is 22.0 Å². The Labute approximate surface area is 115 Å². The Morgan fingerprint density at radius 1 is 1.35 bits per heavy atom. The van der Waals surface area contributed by atoms with Gasteiger partial charge < -0.3 is 4.74 Å². The first-order valence-corrected chi connectivity index (χ1v) is 6.33. The van der Waals surface area contributed by atoms with Gasteiger partial charge in [-0.05, 0) is 18.4 Å². The molecule has 0 amide bonds. The van der Waals surface area contributed by atoms with Crippen molar-refractivity contribution in [2.45, 2.75) is 6.92 Å². The number of hydrogen-bond acceptors (Lipinski definition) is 4. The molecule has 0 radical (unpaired) electrons. The maximum atomic E-state index is 11.8. The zero-order chi connectivity index (χ0) is 14.1. The lowest BCUT2D eigenvalue weighted by molar-refractivity contribution is 0.0523. The van der Waals surface area contributed by atoms with Crippen molar-refractivity contribution in [1.82, 2.24) is 9.38 Å². The van der Waals surface area contributed by atoms with Crippen molar-refractivity contribution < 1.29 is 9.53 Å². The van der Waals surface area contributed by atoms with E-state index in [4.69, 9.17) is 10.1 Å². The molecule has 0 aliphatic rings. The standard InChI is InChI=1S/C15H13N3O2/c1-2-20-15(19)12-9-17-14-11-6-4-3-5-10(11)7-8-18(14)13(12)16/h3-9,16H,2H2,1H3. The van der Waals surface area contributed by atoms with Crippen LogP contribution >= 0.6 is 0 Å². The third kappa shape index (κ3) is 1.84. The minimum Gasteiger partial charge on any atom is -0.462 e. The van der Waals surface area contributed by atoms with Crippen LogP contribution in [0.15, 0.2) is 42.7 Å². The molecule has 0 saturated carbocycles. The average molecular weight is 267 g/mol. The van der Waals surface area contributed by atoms with Crippen LogP contribution in [0.2, 0.25) is 0 Å². The molecule has 0 saturated heterocycles. The first-order valence-electron chi connectivity index (χ1n) is 6.33. The number of pyridine rings is 1. The van der Waals surface area contributed by atoms with Gasteiger partial charge in [0.05, 0.1) is 6.61 Å². The lowest BCUT2D eigenvalue weighted by atomic mass is 10.1. The smallest absolute Gasteiger partial charge is 0.343 e. The molecule has 1 aromatic carbocycles. The van der Waals surface area contributed by atoms with E-state index in [1.807, 2.05) is 30.3 Å². The van der Waals surface area contributed by atoms with Crippen molar-refractivity contribution in [3.8, 4) is 0 Å². The zero-order valence-corrected chi connectivity index (χ0v) is 11.0. The highest BCUT2D eigenvalue weighted by molar-refractivity contribution is 5.94. The Morgan fingerprint density at radius 3 is 2.95 bits per heavy atom. The molecule has 2 heterocycles. The van der Waals surface area contributed by atoms with E-state index in [1.165, 1.54) is 6.20 Å². The van der Waals surface area contributed by atoms with Crippen molar-refractivity contribution in [2.75, 3.05) is 6.61 Å². The Bertz CT molecular complexity index is 868. The first kappa shape index (κ1) is 12.3. The first-order chi connectivity index (χ1) is 9.72. The molecular weight excluding hydrogens is 254 g/mol. The number of fused-ring (bicyclic) bond motifs is 3. The van der Waals surface area contributed by atoms with E-state index in [0.717, 1.165) is 10.8 Å². The number of nitrogens with one attached hydrogen (secondary N) is 1. The maximum Gasteiger partial charge on any atom is 0.343 e. The second-order valence-electron chi connectivity index (χ2n) is 4.34. The molecule has 100 valence electrons. The van der Waals surface area contributed by atoms with Gasteiger partial charge in [-0.2, -0.15) is 0 Å². The van der Waals surface area contributed by atoms with Crippen LogP contribution in [0.3, 0.4) is 0 Å². The minimum absolute atomic E-state index is 0.0826. The lowest BCUT2D eigenvalue weighted by Crippen LogP contribution is -2.24. The van der Waals surface area contributed by atoms with Crippen molar-refractivity contribution in [1.29, 1.82) is 5.41 Å². The van der Waals surface area contributed by atoms with Gasteiger partial charge >= 0.3 is 5.97 Å². The van der Waals surface area contributed by atoms with Gasteiger partial charge in [-0.25, -0.2) is 9.78 Å². The molecule has 0 aliphatic heterocycles. The molecule has 5 nitrogen and oxygen atoms in total. The summed E-state index contributed by atoms with van der Waals surface area (Å²) in [7, 11) is 0. The second kappa shape index (κ2) is 4.77. The van der Waals surface area contributed by atoms with Crippen molar-refractivity contribution in [2.24, 2.45) is 0 Å². The summed E-state index contributed by atoms with van der Waals surface area (Å²) in [5, 5.41) is 10.1. The number of rotatable bonds is 2. The third-order valence-electron chi connectivity index (χ3n) is 3.14. The van der Waals surface area contributed by atoms with Gasteiger partial charge in [0.15, 0.2) is 0 Å². The molecule has 0 fully saturated rings. The Kier molecular flexibility index (Phi) is 2.95. The minimum atomic E-state index is -0.521. The van der Waals surface area contributed by atoms with Gasteiger partial charge in [0.1, 0.15) is 16.7 Å². The Hall–Kier alpha value is -2.69. The summed E-state index contributed by atoms with van der Waals surface area (Å²) in [5.74, 6) is -0.521. The van der Waals surface area contributed by atoms with Gasteiger partial charge in [0, 0.05) is 17.8 Å². The quantitative estimate of drug-likeness (QED) is 0.571. The Balaban J connectivity index is 2.32. The number of benzene rings is 1. The lowest BCUT2D eigenvalue weighted by Gasteiger charge is -2.08. The van der Waals surface area contributed by atoms with Gasteiger partial charge in [-0.15, -0.1) is 0 Å². The van der Waals surface area contributed by atoms with E-state index in [2.05, 4.69) is 4.98 Å². The SMILES string of the molecule is CCOC(=O)c1cnc2c3ccccc3ccn2c1=N. The summed E-state index contributed by atoms with van der Waals surface area (Å²) in [4.78, 5) is 16.1. The molecule has 1 N–H and O–H groups in total. The predicted octanol–water partition coefficient (Wildman–Crippen LogP) is 2.14. The van der Waals surface area contributed by atoms with Crippen LogP contribution in [0.25, 0.3) is 16.4 Å². The van der Waals surface area contributed by atoms with E-state index in [9.17, 15) is 4.79 Å². The summed E-state index contributed by atoms with van der Waals surface area (Å²) in [6.45, 7) is 2.01. The summed E-state index contributed by atoms with van der Waals surface area (Å²) >= 11 is 0. The number of carbonyl (C=O) groups is 1. The molecule has 3 rings (SSSR count). The van der Waals surface area contributed by atoms with Gasteiger partial charge in [0.2, 0.25) is 0 Å². The second-order valence-corrected chi connectivity index (χ2v) is 4.34. The largest absolute Gasteiger partial charge is 0.462 e. The number of aromatic nitrogens is 2. The molecular formula is C15H13N3O2. The fourth-order valence-corrected chi connectivity index (χ4v) is 2.19. The van der Waals surface area contributed by atoms with Crippen LogP contribution in [0, 0.1) is 5.41 Å². The van der Waals surface area contributed by atoms with Crippen LogP contribution in [0.4, 0.5) is 0 Å². The van der Waals surface area contributed by atoms with Crippen LogP contribution < -0.4 is 5.49 Å². The van der Waals surface area contributed by atoms with Crippen molar-refractivity contribution in [3.63, 3.8) is 0 Å². The molecule has 2 aromatic heterocycles. The summed E-state index contributed by atoms with van der Waals surface area (Å²) in [6, 6.07) is 9.71. The molecule has 0 bridgehead atoms. The normalized spacial score (nSPS) is 10.8. The maximum absolute atomic E-state index is 11.8. The molecule has 5 heteroatoms. The Morgan fingerprint density at radius 2 is 2.15 bits per heavy atom. The molecule has 0 spiro atoms. The molecule has 0 aliphatic carbocycles. The highest BCUT2D eigenvalue weighted by Crippen LogP contribution is 2.16. The van der Waals surface area contributed by atoms with E-state index < -0.39 is 5.97 Å². The fourth-order valence-electron chi connectivity index (χ4n) is 2.19. The zero-order valence-electron chi connectivity index (χ0n) is 11.0. The summed E-state index contributed by atoms with van der Waals surface area (Å²) in [6.07, 6.45) is 3.15. The number of esters is 1. The van der Waals surface area contributed by atoms with Gasteiger partial charge in [0.25, 0.3) is 0 Å². The topological polar surface area (TPSA) is 67.4 Å². The molecule has 3 aromatic rings. The molecule has 0 unspecified atom stereocenters. The van der Waals surface area contributed by atoms with Gasteiger partial charge in [-0.1, -0.05) is 24.3 Å². The van der Waals surface area contributed by atoms with Crippen molar-refractivity contribution >= 4 is 22.4 Å². The van der Waals surface area contributed by atoms with Crippen LogP contribution in [-0.2, 0) is 4.74 Å². The number of carbonyl (C=O) groups excluding carboxylic acids is 1. The van der Waals surface area contributed by atoms with E-state index in [0.29, 0.717) is 5.65 Å². The highest BCUT2D eigenvalue weighted by Gasteiger charge is 2.12. The number of ether oxygens (including phenoxy) is 1. The summed E-state index contributed by atoms with van der Waals surface area (Å²) in [5.41, 5.74) is 0.903. The fraction of sp³-hybridized carbons (Fsp3) is 0.133. The monoisotopic (exact) mass is 267 g/mol. The third-order valence-corrected chi connectivity index (χ3v) is 3.14. The van der Waals surface area contributed by atoms with Crippen LogP contribution in [0.1, 0.15) is 17.3 Å². The van der Waals surface area contributed by atoms with E-state index >= 15 is 0 Å². The molecule has 0 atom stereocenters. The highest BCUT2D eigenvalue weighted by atomic mass is 16.5. The predicted molar refractivity (Wildman–Crippen MR) is 74.5 cm³/mol. The number of hydrogen-bond donors (Lipinski definition) is 1. The van der Waals surface area contributed by atoms with Crippen molar-refractivity contribution in [3.05, 3.63) is 53.8 Å². The van der Waals surface area contributed by atoms with E-state index in [1.54, 1.807) is 17.5 Å². The number of nitrogens with zero attached hydrogens (tertiary/aromatic N) is 2. The molecule has 20 heavy (non-hydrogen) atoms. The van der Waals surface area contributed by atoms with Gasteiger partial charge in [-0.3, -0.25) is 9.81 Å². The summed E-state index contributed by atoms with van der Waals surface area (Å²) < 4.78 is 6.52. The average Bonchev–Trinajstić information content (AvgIpc) is 2.47. The van der Waals surface area contributed by atoms with Crippen LogP contribution in [0.5, 0.6) is 0 Å².